The van der Waals surface area contributed by atoms with Crippen LogP contribution in [0.4, 0.5) is 0 Å². The highest BCUT2D eigenvalue weighted by molar-refractivity contribution is 6.30. The zero-order valence-electron chi connectivity index (χ0n) is 13.5. The maximum absolute atomic E-state index is 12.5. The first-order chi connectivity index (χ1) is 12.2. The predicted molar refractivity (Wildman–Crippen MR) is 95.8 cm³/mol. The molecule has 1 N–H and O–H groups in total. The fourth-order valence-electron chi connectivity index (χ4n) is 2.86. The minimum Gasteiger partial charge on any atom is -0.490 e. The molecule has 2 aromatic carbocycles. The summed E-state index contributed by atoms with van der Waals surface area (Å²) in [4.78, 5) is 19.8. The van der Waals surface area contributed by atoms with Crippen molar-refractivity contribution in [2.24, 2.45) is 0 Å². The molecule has 1 aliphatic rings. The number of benzene rings is 2. The molecule has 0 spiro atoms. The number of hydrogen-bond acceptors (Lipinski definition) is 4. The second-order valence-corrected chi connectivity index (χ2v) is 6.10. The van der Waals surface area contributed by atoms with Crippen molar-refractivity contribution in [1.82, 2.24) is 9.97 Å². The molecule has 0 fully saturated rings. The van der Waals surface area contributed by atoms with E-state index in [0.717, 1.165) is 11.1 Å². The molecule has 0 radical (unpaired) electrons. The second-order valence-electron chi connectivity index (χ2n) is 5.66. The number of fused-ring (bicyclic) bond motifs is 2. The molecule has 6 heteroatoms. The van der Waals surface area contributed by atoms with Gasteiger partial charge in [-0.25, -0.2) is 0 Å². The van der Waals surface area contributed by atoms with E-state index in [1.807, 2.05) is 31.2 Å². The van der Waals surface area contributed by atoms with Gasteiger partial charge in [-0.2, -0.15) is 4.98 Å². The van der Waals surface area contributed by atoms with E-state index in [2.05, 4.69) is 9.97 Å². The largest absolute Gasteiger partial charge is 0.490 e. The van der Waals surface area contributed by atoms with E-state index in [1.54, 1.807) is 18.2 Å². The number of ether oxygens (including phenoxy) is 2. The Kier molecular flexibility index (Phi) is 3.93. The van der Waals surface area contributed by atoms with Crippen molar-refractivity contribution < 1.29 is 9.47 Å². The molecule has 5 nitrogen and oxygen atoms in total. The summed E-state index contributed by atoms with van der Waals surface area (Å²) < 4.78 is 11.6. The molecule has 0 bridgehead atoms. The molecule has 0 amide bonds. The number of aromatic nitrogens is 2. The number of nitrogens with one attached hydrogen (secondary N) is 1. The number of aromatic amines is 1. The van der Waals surface area contributed by atoms with Gasteiger partial charge in [0.1, 0.15) is 5.82 Å². The second kappa shape index (κ2) is 6.26. The van der Waals surface area contributed by atoms with Crippen LogP contribution in [-0.4, -0.2) is 16.6 Å². The summed E-state index contributed by atoms with van der Waals surface area (Å²) in [6, 6.07) is 12.8. The van der Waals surface area contributed by atoms with E-state index in [0.29, 0.717) is 46.8 Å². The van der Waals surface area contributed by atoms with E-state index in [9.17, 15) is 4.79 Å². The summed E-state index contributed by atoms with van der Waals surface area (Å²) in [7, 11) is 0. The van der Waals surface area contributed by atoms with Gasteiger partial charge >= 0.3 is 0 Å². The van der Waals surface area contributed by atoms with Crippen LogP contribution in [0.5, 0.6) is 17.4 Å². The fourth-order valence-corrected chi connectivity index (χ4v) is 3.05. The van der Waals surface area contributed by atoms with Crippen molar-refractivity contribution in [3.8, 4) is 28.8 Å². The van der Waals surface area contributed by atoms with Gasteiger partial charge in [0.15, 0.2) is 11.5 Å². The highest BCUT2D eigenvalue weighted by atomic mass is 35.5. The van der Waals surface area contributed by atoms with Crippen molar-refractivity contribution in [3.63, 3.8) is 0 Å². The Morgan fingerprint density at radius 2 is 2.12 bits per heavy atom. The average Bonchev–Trinajstić information content (AvgIpc) is 2.61. The van der Waals surface area contributed by atoms with Crippen LogP contribution in [0.1, 0.15) is 18.1 Å². The lowest BCUT2D eigenvalue weighted by atomic mass is 10.0. The molecule has 2 heterocycles. The van der Waals surface area contributed by atoms with Crippen LogP contribution < -0.4 is 15.0 Å². The SMILES string of the molecule is CCOc1cccc2c1Oc1nc(-c3cccc(Cl)c3)[nH]c(=O)c1C2. The molecule has 0 aliphatic carbocycles. The van der Waals surface area contributed by atoms with E-state index >= 15 is 0 Å². The van der Waals surface area contributed by atoms with Gasteiger partial charge in [0.05, 0.1) is 12.2 Å². The Labute approximate surface area is 149 Å². The molecule has 3 aromatic rings. The van der Waals surface area contributed by atoms with Crippen molar-refractivity contribution >= 4 is 11.6 Å². The topological polar surface area (TPSA) is 64.2 Å². The van der Waals surface area contributed by atoms with Gasteiger partial charge in [0, 0.05) is 22.6 Å². The molecule has 25 heavy (non-hydrogen) atoms. The lowest BCUT2D eigenvalue weighted by Crippen LogP contribution is -2.20. The van der Waals surface area contributed by atoms with Gasteiger partial charge in [-0.05, 0) is 25.1 Å². The third kappa shape index (κ3) is 2.87. The standard InChI is InChI=1S/C19H15ClN2O3/c1-2-24-15-8-4-5-11-10-14-18(23)21-17(22-19(14)25-16(11)15)12-6-3-7-13(20)9-12/h3-9H,2,10H2,1H3,(H,21,22,23). The number of H-pyrrole nitrogens is 1. The molecule has 0 saturated carbocycles. The molecule has 0 saturated heterocycles. The van der Waals surface area contributed by atoms with Crippen LogP contribution in [0, 0.1) is 0 Å². The summed E-state index contributed by atoms with van der Waals surface area (Å²) >= 11 is 6.03. The van der Waals surface area contributed by atoms with Gasteiger partial charge in [-0.3, -0.25) is 4.79 Å². The fraction of sp³-hybridized carbons (Fsp3) is 0.158. The van der Waals surface area contributed by atoms with Gasteiger partial charge in [0.25, 0.3) is 5.56 Å². The third-order valence-electron chi connectivity index (χ3n) is 4.00. The molecule has 0 unspecified atom stereocenters. The Balaban J connectivity index is 1.81. The van der Waals surface area contributed by atoms with Crippen LogP contribution in [0.2, 0.25) is 5.02 Å². The molecular weight excluding hydrogens is 340 g/mol. The monoisotopic (exact) mass is 354 g/mol. The van der Waals surface area contributed by atoms with Gasteiger partial charge in [0.2, 0.25) is 5.88 Å². The summed E-state index contributed by atoms with van der Waals surface area (Å²) in [5, 5.41) is 0.572. The number of hydrogen-bond donors (Lipinski definition) is 1. The highest BCUT2D eigenvalue weighted by Gasteiger charge is 2.25. The van der Waals surface area contributed by atoms with E-state index in [1.165, 1.54) is 0 Å². The summed E-state index contributed by atoms with van der Waals surface area (Å²) in [6.07, 6.45) is 0.448. The highest BCUT2D eigenvalue weighted by Crippen LogP contribution is 2.40. The van der Waals surface area contributed by atoms with Crippen molar-refractivity contribution in [1.29, 1.82) is 0 Å². The molecule has 1 aromatic heterocycles. The van der Waals surface area contributed by atoms with E-state index in [4.69, 9.17) is 21.1 Å². The maximum atomic E-state index is 12.5. The van der Waals surface area contributed by atoms with Crippen LogP contribution >= 0.6 is 11.6 Å². The molecule has 0 atom stereocenters. The number of halogens is 1. The number of nitrogens with zero attached hydrogens (tertiary/aromatic N) is 1. The molecular formula is C19H15ClN2O3. The van der Waals surface area contributed by atoms with E-state index in [-0.39, 0.29) is 5.56 Å². The minimum absolute atomic E-state index is 0.215. The maximum Gasteiger partial charge on any atom is 0.258 e. The Morgan fingerprint density at radius 3 is 2.92 bits per heavy atom. The van der Waals surface area contributed by atoms with Gasteiger partial charge in [-0.1, -0.05) is 35.9 Å². The first-order valence-corrected chi connectivity index (χ1v) is 8.35. The average molecular weight is 355 g/mol. The Hall–Kier alpha value is -2.79. The number of para-hydroxylation sites is 1. The zero-order valence-corrected chi connectivity index (χ0v) is 14.3. The molecule has 1 aliphatic heterocycles. The lowest BCUT2D eigenvalue weighted by molar-refractivity contribution is 0.315. The van der Waals surface area contributed by atoms with Crippen molar-refractivity contribution in [3.05, 3.63) is 69.0 Å². The van der Waals surface area contributed by atoms with Crippen molar-refractivity contribution in [2.45, 2.75) is 13.3 Å². The van der Waals surface area contributed by atoms with Crippen LogP contribution in [0.25, 0.3) is 11.4 Å². The van der Waals surface area contributed by atoms with Gasteiger partial charge < -0.3 is 14.5 Å². The van der Waals surface area contributed by atoms with Crippen LogP contribution in [-0.2, 0) is 6.42 Å². The normalized spacial score (nSPS) is 12.1. The minimum atomic E-state index is -0.215. The summed E-state index contributed by atoms with van der Waals surface area (Å²) in [6.45, 7) is 2.44. The smallest absolute Gasteiger partial charge is 0.258 e. The van der Waals surface area contributed by atoms with Crippen molar-refractivity contribution in [2.75, 3.05) is 6.61 Å². The Bertz CT molecular complexity index is 1010. The lowest BCUT2D eigenvalue weighted by Gasteiger charge is -2.21. The van der Waals surface area contributed by atoms with E-state index < -0.39 is 0 Å². The third-order valence-corrected chi connectivity index (χ3v) is 4.24. The number of rotatable bonds is 3. The van der Waals surface area contributed by atoms with Crippen LogP contribution in [0.15, 0.2) is 47.3 Å². The quantitative estimate of drug-likeness (QED) is 0.599. The first-order valence-electron chi connectivity index (χ1n) is 7.97. The molecule has 4 rings (SSSR count). The first kappa shape index (κ1) is 15.7. The summed E-state index contributed by atoms with van der Waals surface area (Å²) in [5.74, 6) is 1.99. The predicted octanol–water partition coefficient (Wildman–Crippen LogP) is 4.19. The zero-order chi connectivity index (χ0) is 17.4. The molecule has 126 valence electrons. The summed E-state index contributed by atoms with van der Waals surface area (Å²) in [5.41, 5.74) is 1.92. The van der Waals surface area contributed by atoms with Crippen LogP contribution in [0.3, 0.4) is 0 Å². The Morgan fingerprint density at radius 1 is 1.28 bits per heavy atom. The van der Waals surface area contributed by atoms with Gasteiger partial charge in [-0.15, -0.1) is 0 Å².